The van der Waals surface area contributed by atoms with Gasteiger partial charge in [-0.1, -0.05) is 17.7 Å². The Morgan fingerprint density at radius 2 is 1.95 bits per heavy atom. The molecule has 0 aliphatic heterocycles. The van der Waals surface area contributed by atoms with E-state index in [0.717, 1.165) is 5.56 Å². The summed E-state index contributed by atoms with van der Waals surface area (Å²) >= 11 is 3.23. The highest BCUT2D eigenvalue weighted by Crippen LogP contribution is 2.22. The minimum Gasteiger partial charge on any atom is -0.369 e. The number of benzene rings is 1. The van der Waals surface area contributed by atoms with Crippen LogP contribution in [0.1, 0.15) is 11.1 Å². The first-order chi connectivity index (χ1) is 10.3. The lowest BCUT2D eigenvalue weighted by atomic mass is 10.2. The molecule has 6 nitrogen and oxygen atoms in total. The van der Waals surface area contributed by atoms with E-state index in [1.165, 1.54) is 18.3 Å². The van der Waals surface area contributed by atoms with E-state index in [2.05, 4.69) is 25.6 Å². The van der Waals surface area contributed by atoms with E-state index in [1.54, 1.807) is 18.2 Å². The van der Waals surface area contributed by atoms with E-state index in [9.17, 15) is 13.2 Å². The number of aromatic nitrogens is 1. The van der Waals surface area contributed by atoms with Gasteiger partial charge in [0.15, 0.2) is 0 Å². The number of aryl methyl sites for hydroxylation is 1. The Bertz CT molecular complexity index is 805. The Kier molecular flexibility index (Phi) is 4.82. The quantitative estimate of drug-likeness (QED) is 0.823. The van der Waals surface area contributed by atoms with E-state index in [0.29, 0.717) is 10.0 Å². The van der Waals surface area contributed by atoms with Gasteiger partial charge < -0.3 is 5.73 Å². The number of nitrogens with two attached hydrogens (primary N) is 1. The van der Waals surface area contributed by atoms with E-state index in [1.807, 2.05) is 6.92 Å². The third kappa shape index (κ3) is 4.05. The van der Waals surface area contributed by atoms with Gasteiger partial charge in [-0.15, -0.1) is 0 Å². The number of hydrogen-bond donors (Lipinski definition) is 2. The molecule has 8 heteroatoms. The number of carbonyl (C=O) groups excluding carboxylic acids is 1. The van der Waals surface area contributed by atoms with E-state index in [4.69, 9.17) is 5.73 Å². The molecule has 0 saturated carbocycles. The van der Waals surface area contributed by atoms with Crippen molar-refractivity contribution in [2.75, 3.05) is 4.72 Å². The Balaban J connectivity index is 2.37. The Hall–Kier alpha value is -1.93. The van der Waals surface area contributed by atoms with Crippen LogP contribution in [0.25, 0.3) is 0 Å². The summed E-state index contributed by atoms with van der Waals surface area (Å²) in [5.41, 5.74) is 6.53. The van der Waals surface area contributed by atoms with Crippen LogP contribution in [0.15, 0.2) is 45.9 Å². The van der Waals surface area contributed by atoms with Crippen LogP contribution in [0.5, 0.6) is 0 Å². The molecular formula is C14H14BrN3O3S. The number of hydrogen-bond acceptors (Lipinski definition) is 4. The molecule has 0 aliphatic carbocycles. The lowest BCUT2D eigenvalue weighted by molar-refractivity contribution is -0.117. The maximum Gasteiger partial charge on any atom is 0.263 e. The molecule has 0 aliphatic rings. The smallest absolute Gasteiger partial charge is 0.263 e. The van der Waals surface area contributed by atoms with Crippen LogP contribution >= 0.6 is 15.9 Å². The van der Waals surface area contributed by atoms with Crippen LogP contribution in [0.4, 0.5) is 5.82 Å². The predicted octanol–water partition coefficient (Wildman–Crippen LogP) is 1.98. The largest absolute Gasteiger partial charge is 0.369 e. The molecule has 1 aromatic carbocycles. The second kappa shape index (κ2) is 6.45. The number of rotatable bonds is 5. The fraction of sp³-hybridized carbons (Fsp3) is 0.143. The average molecular weight is 384 g/mol. The highest BCUT2D eigenvalue weighted by molar-refractivity contribution is 9.10. The number of carbonyl (C=O) groups is 1. The van der Waals surface area contributed by atoms with Crippen LogP contribution in [0.2, 0.25) is 0 Å². The number of pyridine rings is 1. The van der Waals surface area contributed by atoms with Crippen molar-refractivity contribution in [3.63, 3.8) is 0 Å². The standard InChI is InChI=1S/C14H14BrN3O3S/c1-9-2-4-12(5-3-9)22(20,21)18-14-10(7-13(16)19)6-11(15)8-17-14/h2-6,8H,7H2,1H3,(H2,16,19)(H,17,18). The average Bonchev–Trinajstić information content (AvgIpc) is 2.41. The minimum absolute atomic E-state index is 0.0857. The summed E-state index contributed by atoms with van der Waals surface area (Å²) in [6.45, 7) is 1.87. The highest BCUT2D eigenvalue weighted by Gasteiger charge is 2.17. The number of nitrogens with one attached hydrogen (secondary N) is 1. The summed E-state index contributed by atoms with van der Waals surface area (Å²) < 4.78 is 27.7. The molecule has 0 spiro atoms. The Morgan fingerprint density at radius 1 is 1.32 bits per heavy atom. The number of sulfonamides is 1. The summed E-state index contributed by atoms with van der Waals surface area (Å²) in [7, 11) is -3.78. The van der Waals surface area contributed by atoms with Crippen LogP contribution in [-0.4, -0.2) is 19.3 Å². The molecule has 1 heterocycles. The van der Waals surface area contributed by atoms with Crippen molar-refractivity contribution in [1.29, 1.82) is 0 Å². The van der Waals surface area contributed by atoms with Gasteiger partial charge in [0.1, 0.15) is 5.82 Å². The van der Waals surface area contributed by atoms with Crippen molar-refractivity contribution in [2.24, 2.45) is 5.73 Å². The maximum absolute atomic E-state index is 12.4. The van der Waals surface area contributed by atoms with Crippen molar-refractivity contribution in [1.82, 2.24) is 4.98 Å². The van der Waals surface area contributed by atoms with Gasteiger partial charge in [-0.2, -0.15) is 0 Å². The number of halogens is 1. The van der Waals surface area contributed by atoms with Crippen molar-refractivity contribution in [3.05, 3.63) is 52.1 Å². The molecule has 22 heavy (non-hydrogen) atoms. The Labute approximate surface area is 136 Å². The van der Waals surface area contributed by atoms with Gasteiger partial charge in [-0.3, -0.25) is 9.52 Å². The lowest BCUT2D eigenvalue weighted by Crippen LogP contribution is -2.19. The number of primary amides is 1. The summed E-state index contributed by atoms with van der Waals surface area (Å²) in [6.07, 6.45) is 1.33. The van der Waals surface area contributed by atoms with Gasteiger partial charge in [0.25, 0.3) is 10.0 Å². The molecule has 1 amide bonds. The van der Waals surface area contributed by atoms with Gasteiger partial charge in [0.2, 0.25) is 5.91 Å². The molecule has 0 radical (unpaired) electrons. The normalized spacial score (nSPS) is 11.2. The van der Waals surface area contributed by atoms with Crippen molar-refractivity contribution in [2.45, 2.75) is 18.2 Å². The molecule has 0 atom stereocenters. The lowest BCUT2D eigenvalue weighted by Gasteiger charge is -2.11. The molecule has 2 rings (SSSR count). The molecule has 0 saturated heterocycles. The topological polar surface area (TPSA) is 102 Å². The first-order valence-electron chi connectivity index (χ1n) is 6.30. The molecule has 3 N–H and O–H groups in total. The first kappa shape index (κ1) is 16.4. The molecule has 116 valence electrons. The molecule has 0 fully saturated rings. The number of nitrogens with zero attached hydrogens (tertiary/aromatic N) is 1. The number of anilines is 1. The van der Waals surface area contributed by atoms with E-state index >= 15 is 0 Å². The predicted molar refractivity (Wildman–Crippen MR) is 86.8 cm³/mol. The van der Waals surface area contributed by atoms with Crippen molar-refractivity contribution < 1.29 is 13.2 Å². The van der Waals surface area contributed by atoms with Gasteiger partial charge in [0, 0.05) is 16.2 Å². The third-order valence-corrected chi connectivity index (χ3v) is 4.65. The Morgan fingerprint density at radius 3 is 2.55 bits per heavy atom. The van der Waals surface area contributed by atoms with E-state index < -0.39 is 15.9 Å². The molecule has 2 aromatic rings. The molecular weight excluding hydrogens is 370 g/mol. The zero-order valence-corrected chi connectivity index (χ0v) is 14.1. The second-order valence-corrected chi connectivity index (χ2v) is 7.32. The first-order valence-corrected chi connectivity index (χ1v) is 8.58. The SMILES string of the molecule is Cc1ccc(S(=O)(=O)Nc2ncc(Br)cc2CC(N)=O)cc1. The van der Waals surface area contributed by atoms with Gasteiger partial charge >= 0.3 is 0 Å². The highest BCUT2D eigenvalue weighted by atomic mass is 79.9. The van der Waals surface area contributed by atoms with Gasteiger partial charge in [-0.05, 0) is 41.1 Å². The fourth-order valence-corrected chi connectivity index (χ4v) is 3.23. The summed E-state index contributed by atoms with van der Waals surface area (Å²) in [6, 6.07) is 8.01. The monoisotopic (exact) mass is 383 g/mol. The van der Waals surface area contributed by atoms with Crippen LogP contribution < -0.4 is 10.5 Å². The third-order valence-electron chi connectivity index (χ3n) is 2.86. The molecule has 1 aromatic heterocycles. The molecule has 0 bridgehead atoms. The zero-order valence-electron chi connectivity index (χ0n) is 11.7. The number of amides is 1. The summed E-state index contributed by atoms with van der Waals surface area (Å²) in [5.74, 6) is -0.488. The zero-order chi connectivity index (χ0) is 16.3. The van der Waals surface area contributed by atoms with Crippen LogP contribution in [0.3, 0.4) is 0 Å². The van der Waals surface area contributed by atoms with E-state index in [-0.39, 0.29) is 17.1 Å². The summed E-state index contributed by atoms with van der Waals surface area (Å²) in [4.78, 5) is 15.2. The van der Waals surface area contributed by atoms with Gasteiger partial charge in [-0.25, -0.2) is 13.4 Å². The van der Waals surface area contributed by atoms with Gasteiger partial charge in [0.05, 0.1) is 11.3 Å². The molecule has 0 unspecified atom stereocenters. The van der Waals surface area contributed by atoms with Crippen LogP contribution in [-0.2, 0) is 21.2 Å². The summed E-state index contributed by atoms with van der Waals surface area (Å²) in [5, 5.41) is 0. The maximum atomic E-state index is 12.4. The van der Waals surface area contributed by atoms with Crippen molar-refractivity contribution >= 4 is 37.7 Å². The van der Waals surface area contributed by atoms with Crippen LogP contribution in [0, 0.1) is 6.92 Å². The second-order valence-electron chi connectivity index (χ2n) is 4.72. The fourth-order valence-electron chi connectivity index (χ4n) is 1.80. The minimum atomic E-state index is -3.78. The van der Waals surface area contributed by atoms with Crippen molar-refractivity contribution in [3.8, 4) is 0 Å².